The number of halogens is 2. The Bertz CT molecular complexity index is 718. The number of amides is 1. The summed E-state index contributed by atoms with van der Waals surface area (Å²) in [6.45, 7) is -2.99. The van der Waals surface area contributed by atoms with Crippen LogP contribution in [0.1, 0.15) is 23.2 Å². The molecule has 0 unspecified atom stereocenters. The monoisotopic (exact) mass is 374 g/mol. The SMILES string of the molecule is COc1cc(C(=O)N2CCC(C(=O)O)CC2)c([N+](=O)[O-])cc1OC(F)F. The van der Waals surface area contributed by atoms with E-state index < -0.39 is 40.8 Å². The maximum Gasteiger partial charge on any atom is 0.387 e. The van der Waals surface area contributed by atoms with Gasteiger partial charge in [-0.1, -0.05) is 0 Å². The average molecular weight is 374 g/mol. The third-order valence-electron chi connectivity index (χ3n) is 4.06. The minimum absolute atomic E-state index is 0.116. The number of carbonyl (C=O) groups excluding carboxylic acids is 1. The lowest BCUT2D eigenvalue weighted by Crippen LogP contribution is -2.40. The second-order valence-electron chi connectivity index (χ2n) is 5.56. The molecule has 142 valence electrons. The third kappa shape index (κ3) is 4.16. The minimum Gasteiger partial charge on any atom is -0.493 e. The van der Waals surface area contributed by atoms with E-state index in [1.807, 2.05) is 0 Å². The summed E-state index contributed by atoms with van der Waals surface area (Å²) in [5, 5.41) is 20.2. The van der Waals surface area contributed by atoms with Crippen molar-refractivity contribution in [2.75, 3.05) is 20.2 Å². The molecule has 0 spiro atoms. The first kappa shape index (κ1) is 19.3. The summed E-state index contributed by atoms with van der Waals surface area (Å²) in [5.74, 6) is -3.05. The van der Waals surface area contributed by atoms with Gasteiger partial charge >= 0.3 is 12.6 Å². The number of nitrogens with zero attached hydrogens (tertiary/aromatic N) is 2. The largest absolute Gasteiger partial charge is 0.493 e. The highest BCUT2D eigenvalue weighted by atomic mass is 19.3. The molecule has 1 fully saturated rings. The standard InChI is InChI=1S/C15H16F2N2O7/c1-25-11-6-9(10(19(23)24)7-12(11)26-15(16)17)13(20)18-4-2-8(3-5-18)14(21)22/h6-8,15H,2-5H2,1H3,(H,21,22). The Labute approximate surface area is 146 Å². The Morgan fingerprint density at radius 3 is 2.38 bits per heavy atom. The smallest absolute Gasteiger partial charge is 0.387 e. The molecule has 0 aromatic heterocycles. The van der Waals surface area contributed by atoms with E-state index in [-0.39, 0.29) is 37.2 Å². The van der Waals surface area contributed by atoms with Crippen LogP contribution in [-0.4, -0.2) is 53.6 Å². The molecule has 0 saturated carbocycles. The van der Waals surface area contributed by atoms with E-state index in [0.29, 0.717) is 6.07 Å². The van der Waals surface area contributed by atoms with Crippen LogP contribution in [0.4, 0.5) is 14.5 Å². The lowest BCUT2D eigenvalue weighted by Gasteiger charge is -2.30. The molecule has 0 aliphatic carbocycles. The fourth-order valence-electron chi connectivity index (χ4n) is 2.72. The summed E-state index contributed by atoms with van der Waals surface area (Å²) in [4.78, 5) is 35.3. The van der Waals surface area contributed by atoms with E-state index in [1.165, 1.54) is 4.90 Å². The number of carboxylic acid groups (broad SMARTS) is 1. The van der Waals surface area contributed by atoms with Crippen LogP contribution in [0.25, 0.3) is 0 Å². The first-order valence-corrected chi connectivity index (χ1v) is 7.58. The number of methoxy groups -OCH3 is 1. The topological polar surface area (TPSA) is 119 Å². The number of hydrogen-bond donors (Lipinski definition) is 1. The van der Waals surface area contributed by atoms with Crippen molar-refractivity contribution in [1.82, 2.24) is 4.90 Å². The minimum atomic E-state index is -3.22. The van der Waals surface area contributed by atoms with Crippen molar-refractivity contribution in [2.24, 2.45) is 5.92 Å². The van der Waals surface area contributed by atoms with Crippen LogP contribution in [0.5, 0.6) is 11.5 Å². The Balaban J connectivity index is 2.33. The van der Waals surface area contributed by atoms with Crippen LogP contribution in [0.15, 0.2) is 12.1 Å². The number of likely N-dealkylation sites (tertiary alicyclic amines) is 1. The molecular formula is C15H16F2N2O7. The number of alkyl halides is 2. The fraction of sp³-hybridized carbons (Fsp3) is 0.467. The zero-order valence-corrected chi connectivity index (χ0v) is 13.7. The number of nitro benzene ring substituents is 1. The van der Waals surface area contributed by atoms with Crippen molar-refractivity contribution in [3.63, 3.8) is 0 Å². The van der Waals surface area contributed by atoms with Gasteiger partial charge in [0.1, 0.15) is 5.56 Å². The van der Waals surface area contributed by atoms with Crippen molar-refractivity contribution in [2.45, 2.75) is 19.5 Å². The van der Waals surface area contributed by atoms with E-state index >= 15 is 0 Å². The number of carbonyl (C=O) groups is 2. The molecule has 0 radical (unpaired) electrons. The summed E-state index contributed by atoms with van der Waals surface area (Å²) in [6.07, 6.45) is 0.442. The third-order valence-corrected chi connectivity index (χ3v) is 4.06. The van der Waals surface area contributed by atoms with Crippen molar-refractivity contribution < 1.29 is 37.9 Å². The molecule has 0 bridgehead atoms. The summed E-state index contributed by atoms with van der Waals surface area (Å²) >= 11 is 0. The van der Waals surface area contributed by atoms with Gasteiger partial charge in [0.25, 0.3) is 11.6 Å². The van der Waals surface area contributed by atoms with Crippen molar-refractivity contribution in [1.29, 1.82) is 0 Å². The molecule has 11 heteroatoms. The molecule has 9 nitrogen and oxygen atoms in total. The summed E-state index contributed by atoms with van der Waals surface area (Å²) in [5.41, 5.74) is -1.05. The molecular weight excluding hydrogens is 358 g/mol. The summed E-state index contributed by atoms with van der Waals surface area (Å²) < 4.78 is 34.0. The highest BCUT2D eigenvalue weighted by Gasteiger charge is 2.32. The van der Waals surface area contributed by atoms with Gasteiger partial charge in [-0.05, 0) is 12.8 Å². The van der Waals surface area contributed by atoms with Gasteiger partial charge in [-0.2, -0.15) is 8.78 Å². The Hall–Kier alpha value is -2.98. The lowest BCUT2D eigenvalue weighted by molar-refractivity contribution is -0.385. The molecule has 1 aromatic carbocycles. The van der Waals surface area contributed by atoms with Crippen LogP contribution >= 0.6 is 0 Å². The van der Waals surface area contributed by atoms with Crippen LogP contribution in [-0.2, 0) is 4.79 Å². The first-order chi connectivity index (χ1) is 12.2. The molecule has 0 atom stereocenters. The van der Waals surface area contributed by atoms with Gasteiger partial charge in [0.05, 0.1) is 24.0 Å². The molecule has 1 saturated heterocycles. The first-order valence-electron chi connectivity index (χ1n) is 7.58. The van der Waals surface area contributed by atoms with Crippen molar-refractivity contribution >= 4 is 17.6 Å². The predicted octanol–water partition coefficient (Wildman–Crippen LogP) is 2.14. The number of hydrogen-bond acceptors (Lipinski definition) is 6. The average Bonchev–Trinajstić information content (AvgIpc) is 2.60. The molecule has 1 aromatic rings. The van der Waals surface area contributed by atoms with Crippen LogP contribution in [0, 0.1) is 16.0 Å². The number of rotatable bonds is 6. The van der Waals surface area contributed by atoms with E-state index in [0.717, 1.165) is 13.2 Å². The van der Waals surface area contributed by atoms with Crippen LogP contribution in [0.2, 0.25) is 0 Å². The van der Waals surface area contributed by atoms with E-state index in [4.69, 9.17) is 9.84 Å². The van der Waals surface area contributed by atoms with Gasteiger partial charge in [0, 0.05) is 19.2 Å². The molecule has 1 amide bonds. The second kappa shape index (κ2) is 7.93. The van der Waals surface area contributed by atoms with E-state index in [1.54, 1.807) is 0 Å². The second-order valence-corrected chi connectivity index (χ2v) is 5.56. The number of aliphatic carboxylic acids is 1. The Kier molecular flexibility index (Phi) is 5.90. The fourth-order valence-corrected chi connectivity index (χ4v) is 2.72. The van der Waals surface area contributed by atoms with Gasteiger partial charge in [0.2, 0.25) is 0 Å². The number of nitro groups is 1. The van der Waals surface area contributed by atoms with Gasteiger partial charge in [-0.25, -0.2) is 0 Å². The molecule has 26 heavy (non-hydrogen) atoms. The quantitative estimate of drug-likeness (QED) is 0.598. The normalized spacial score (nSPS) is 15.0. The van der Waals surface area contributed by atoms with Crippen LogP contribution in [0.3, 0.4) is 0 Å². The van der Waals surface area contributed by atoms with Gasteiger partial charge in [-0.3, -0.25) is 19.7 Å². The molecule has 1 aliphatic heterocycles. The number of piperidine rings is 1. The number of benzene rings is 1. The summed E-state index contributed by atoms with van der Waals surface area (Å²) in [7, 11) is 1.14. The van der Waals surface area contributed by atoms with Gasteiger partial charge in [0.15, 0.2) is 11.5 Å². The molecule has 1 heterocycles. The summed E-state index contributed by atoms with van der Waals surface area (Å²) in [6, 6.07) is 1.68. The molecule has 1 aliphatic rings. The van der Waals surface area contributed by atoms with Gasteiger partial charge in [-0.15, -0.1) is 0 Å². The zero-order valence-electron chi connectivity index (χ0n) is 13.7. The highest BCUT2D eigenvalue weighted by Crippen LogP contribution is 2.36. The Morgan fingerprint density at radius 2 is 1.92 bits per heavy atom. The highest BCUT2D eigenvalue weighted by molar-refractivity contribution is 5.99. The molecule has 1 N–H and O–H groups in total. The Morgan fingerprint density at radius 1 is 1.31 bits per heavy atom. The van der Waals surface area contributed by atoms with Crippen molar-refractivity contribution in [3.8, 4) is 11.5 Å². The van der Waals surface area contributed by atoms with Crippen molar-refractivity contribution in [3.05, 3.63) is 27.8 Å². The van der Waals surface area contributed by atoms with E-state index in [2.05, 4.69) is 4.74 Å². The number of ether oxygens (including phenoxy) is 2. The maximum atomic E-state index is 12.6. The lowest BCUT2D eigenvalue weighted by atomic mass is 9.96. The predicted molar refractivity (Wildman–Crippen MR) is 82.5 cm³/mol. The molecule has 2 rings (SSSR count). The number of carboxylic acids is 1. The van der Waals surface area contributed by atoms with Gasteiger partial charge < -0.3 is 19.5 Å². The van der Waals surface area contributed by atoms with Crippen LogP contribution < -0.4 is 9.47 Å². The maximum absolute atomic E-state index is 12.6. The van der Waals surface area contributed by atoms with E-state index in [9.17, 15) is 28.5 Å². The zero-order chi connectivity index (χ0) is 19.4.